The molecule has 0 radical (unpaired) electrons. The van der Waals surface area contributed by atoms with Crippen molar-refractivity contribution in [2.45, 2.75) is 100 Å². The van der Waals surface area contributed by atoms with Gasteiger partial charge in [-0.2, -0.15) is 4.58 Å². The molecule has 2 amide bonds. The minimum absolute atomic E-state index is 0.0396. The van der Waals surface area contributed by atoms with Crippen molar-refractivity contribution >= 4 is 60.7 Å². The molecule has 1 saturated heterocycles. The molecule has 3 aliphatic heterocycles. The largest absolute Gasteiger partial charge is 0.744 e. The van der Waals surface area contributed by atoms with Crippen LogP contribution in [-0.2, 0) is 110 Å². The van der Waals surface area contributed by atoms with Gasteiger partial charge in [-0.15, -0.1) is 15.3 Å². The molecule has 0 saturated carbocycles. The van der Waals surface area contributed by atoms with Gasteiger partial charge in [0.2, 0.25) is 5.69 Å². The quantitative estimate of drug-likeness (QED) is 0.0111. The van der Waals surface area contributed by atoms with Crippen LogP contribution < -0.4 is 4.90 Å². The second-order valence-electron chi connectivity index (χ2n) is 28.3. The highest BCUT2D eigenvalue weighted by molar-refractivity contribution is 7.86. The number of quaternary nitrogens is 2. The average molecular weight is 1470 g/mol. The van der Waals surface area contributed by atoms with E-state index in [9.17, 15) is 40.3 Å². The number of fused-ring (bicyclic) bond motifs is 2. The number of carbonyl (C=O) groups excluding carboxylic acids is 3. The molecule has 5 heterocycles. The summed E-state index contributed by atoms with van der Waals surface area (Å²) in [6.45, 7) is 15.0. The summed E-state index contributed by atoms with van der Waals surface area (Å²) in [5.74, 6) is -2.36. The van der Waals surface area contributed by atoms with Crippen LogP contribution in [0, 0.1) is 0 Å². The van der Waals surface area contributed by atoms with Gasteiger partial charge < -0.3 is 65.7 Å². The molecule has 0 spiro atoms. The Balaban J connectivity index is 1.30. The highest BCUT2D eigenvalue weighted by Crippen LogP contribution is 2.49. The van der Waals surface area contributed by atoms with Gasteiger partial charge in [-0.05, 0) is 90.2 Å². The smallest absolute Gasteiger partial charge is 0.363 e. The summed E-state index contributed by atoms with van der Waals surface area (Å²) in [6.07, 6.45) is 16.1. The van der Waals surface area contributed by atoms with E-state index in [0.717, 1.165) is 48.7 Å². The Morgan fingerprint density at radius 1 is 0.621 bits per heavy atom. The second kappa shape index (κ2) is 36.4. The number of amides is 2. The van der Waals surface area contributed by atoms with Crippen LogP contribution in [0.2, 0.25) is 0 Å². The Hall–Kier alpha value is -7.60. The number of anilines is 1. The lowest BCUT2D eigenvalue weighted by Gasteiger charge is -2.29. The Bertz CT molecular complexity index is 4060. The fraction of sp³-hybridized carbons (Fsp3) is 0.528. The molecule has 29 nitrogen and oxygen atoms in total. The number of carbonyl (C=O) groups is 3. The number of hydrogen-bond donors (Lipinski definition) is 0. The van der Waals surface area contributed by atoms with Gasteiger partial charge in [0.1, 0.15) is 31.6 Å². The first kappa shape index (κ1) is 81.1. The molecule has 8 rings (SSSR count). The third-order valence-electron chi connectivity index (χ3n) is 17.5. The van der Waals surface area contributed by atoms with E-state index in [-0.39, 0.29) is 80.9 Å². The van der Waals surface area contributed by atoms with E-state index in [1.54, 1.807) is 60.2 Å². The zero-order valence-electron chi connectivity index (χ0n) is 61.3. The van der Waals surface area contributed by atoms with Crippen molar-refractivity contribution in [2.24, 2.45) is 0 Å². The van der Waals surface area contributed by atoms with Crippen molar-refractivity contribution in [1.29, 1.82) is 0 Å². The van der Waals surface area contributed by atoms with E-state index >= 15 is 0 Å². The number of aromatic nitrogens is 6. The molecule has 103 heavy (non-hydrogen) atoms. The third-order valence-corrected chi connectivity index (χ3v) is 19.1. The van der Waals surface area contributed by atoms with Crippen molar-refractivity contribution < 1.29 is 96.6 Å². The first-order chi connectivity index (χ1) is 48.8. The lowest BCUT2D eigenvalue weighted by molar-refractivity contribution is -0.871. The van der Waals surface area contributed by atoms with E-state index in [1.807, 2.05) is 64.2 Å². The number of rotatable bonds is 43. The molecular weight excluding hydrogens is 1370 g/mol. The molecule has 3 aliphatic rings. The summed E-state index contributed by atoms with van der Waals surface area (Å²) in [5.41, 5.74) is 5.68. The number of hydrogen-bond acceptors (Lipinski definition) is 23. The van der Waals surface area contributed by atoms with Gasteiger partial charge >= 0.3 is 5.97 Å². The molecular formula is C72H100N11O18S2+. The van der Waals surface area contributed by atoms with Gasteiger partial charge in [-0.25, -0.2) is 31.0 Å². The first-order valence-corrected chi connectivity index (χ1v) is 37.1. The summed E-state index contributed by atoms with van der Waals surface area (Å²) in [5, 5.41) is 18.5. The van der Waals surface area contributed by atoms with Crippen LogP contribution in [0.1, 0.15) is 103 Å². The van der Waals surface area contributed by atoms with Gasteiger partial charge in [-0.1, -0.05) is 48.6 Å². The fourth-order valence-electron chi connectivity index (χ4n) is 12.3. The molecule has 0 aliphatic carbocycles. The van der Waals surface area contributed by atoms with Gasteiger partial charge in [-0.3, -0.25) is 9.59 Å². The zero-order chi connectivity index (χ0) is 74.8. The normalized spacial score (nSPS) is 16.1. The summed E-state index contributed by atoms with van der Waals surface area (Å²) in [4.78, 5) is 47.9. The maximum Gasteiger partial charge on any atom is 0.363 e. The lowest BCUT2D eigenvalue weighted by atomic mass is 9.81. The molecule has 0 unspecified atom stereocenters. The summed E-state index contributed by atoms with van der Waals surface area (Å²) in [6, 6.07) is 12.2. The predicted octanol–water partition coefficient (Wildman–Crippen LogP) is 5.83. The molecule has 0 atom stereocenters. The zero-order valence-corrected chi connectivity index (χ0v) is 62.9. The second-order valence-corrected chi connectivity index (χ2v) is 31.1. The minimum Gasteiger partial charge on any atom is -0.744 e. The van der Waals surface area contributed by atoms with Crippen LogP contribution in [0.4, 0.5) is 11.4 Å². The molecule has 2 aromatic heterocycles. The van der Waals surface area contributed by atoms with E-state index in [0.29, 0.717) is 125 Å². The van der Waals surface area contributed by atoms with Crippen molar-refractivity contribution in [3.63, 3.8) is 0 Å². The molecule has 31 heteroatoms. The third kappa shape index (κ3) is 22.9. The molecule has 5 aromatic rings. The molecule has 0 N–H and O–H groups in total. The highest BCUT2D eigenvalue weighted by atomic mass is 32.2. The van der Waals surface area contributed by atoms with Gasteiger partial charge in [0.05, 0.1) is 201 Å². The van der Waals surface area contributed by atoms with Crippen LogP contribution in [0.25, 0.3) is 5.57 Å². The monoisotopic (exact) mass is 1470 g/mol. The maximum absolute atomic E-state index is 14.7. The van der Waals surface area contributed by atoms with Crippen LogP contribution in [0.15, 0.2) is 113 Å². The van der Waals surface area contributed by atoms with Crippen LogP contribution in [0.3, 0.4) is 0 Å². The van der Waals surface area contributed by atoms with Crippen molar-refractivity contribution in [1.82, 2.24) is 35.1 Å². The van der Waals surface area contributed by atoms with E-state index in [4.69, 9.17) is 42.7 Å². The van der Waals surface area contributed by atoms with Crippen LogP contribution >= 0.6 is 0 Å². The molecule has 562 valence electrons. The minimum atomic E-state index is -4.83. The van der Waals surface area contributed by atoms with Gasteiger partial charge in [0.15, 0.2) is 12.3 Å². The first-order valence-electron chi connectivity index (χ1n) is 34.3. The summed E-state index contributed by atoms with van der Waals surface area (Å²) in [7, 11) is 6.16. The fourth-order valence-corrected chi connectivity index (χ4v) is 13.3. The topological polar surface area (TPSA) is 320 Å². The summed E-state index contributed by atoms with van der Waals surface area (Å²) >= 11 is 0. The predicted molar refractivity (Wildman–Crippen MR) is 379 cm³/mol. The lowest BCUT2D eigenvalue weighted by Crippen LogP contribution is -2.37. The average Bonchev–Trinajstić information content (AvgIpc) is 1.61. The van der Waals surface area contributed by atoms with Gasteiger partial charge in [0, 0.05) is 74.5 Å². The summed E-state index contributed by atoms with van der Waals surface area (Å²) < 4.78 is 127. The molecule has 1 fully saturated rings. The number of methoxy groups -OCH3 is 2. The Morgan fingerprint density at radius 2 is 1.11 bits per heavy atom. The SMILES string of the molecule is COCCOCCOCCOCc1cn(Cc2cc(C(=O)ON3C(=O)CCC3=O)cc(Cn3cc(COCCOCCOCCOC)nn3)c2C(=C\C=C\C2=[N+](CCC[N+](C)(C)C)c3ccc(S(=O)(=O)[O-])cc3C2(C)C)/C=C/C=C2/N(CCC[N+](C)(C)C)c3ccc(S(=O)(=O)[O-])cc3C2(C)C)nn1. The molecule has 3 aromatic carbocycles. The van der Waals surface area contributed by atoms with Gasteiger partial charge in [0.25, 0.3) is 11.8 Å². The van der Waals surface area contributed by atoms with Crippen molar-refractivity contribution in [3.8, 4) is 0 Å². The number of nitrogens with zero attached hydrogens (tertiary/aromatic N) is 11. The van der Waals surface area contributed by atoms with Crippen LogP contribution in [-0.4, -0.2) is 260 Å². The Kier molecular flexibility index (Phi) is 28.7. The van der Waals surface area contributed by atoms with Crippen LogP contribution in [0.5, 0.6) is 0 Å². The number of hydroxylamine groups is 2. The Morgan fingerprint density at radius 3 is 1.61 bits per heavy atom. The van der Waals surface area contributed by atoms with Crippen molar-refractivity contribution in [2.75, 3.05) is 167 Å². The Labute approximate surface area is 604 Å². The number of imide groups is 1. The van der Waals surface area contributed by atoms with Crippen molar-refractivity contribution in [3.05, 3.63) is 148 Å². The standard InChI is InChI=1S/C72H100N11O18S2/c1-71(2)61-45-59(102(87,88)89)21-23-63(61)79(27-15-29-82(5,6)7)65(71)19-13-17-53(18-14-20-66-72(3,4)62-46-60(103(90,91)92)22-24-64(62)80(66)28-16-30-83(8,9)10)69-55(47-77-49-57(73-75-77)51-99-41-39-97-37-35-95-33-31-93-11)43-54(70(86)101-81-67(84)25-26-68(81)85)44-56(69)48-78-50-58(74-76-78)52-100-42-40-98-38-36-96-34-32-94-12/h13-14,17-24,43-46,49-50H,15-16,25-42,47-48,51-52H2,1-12H3/q+1. The number of allylic oxidation sites excluding steroid dienone is 8. The molecule has 0 bridgehead atoms. The number of ether oxygens (including phenoxy) is 8. The highest BCUT2D eigenvalue weighted by Gasteiger charge is 2.45. The maximum atomic E-state index is 14.7. The van der Waals surface area contributed by atoms with E-state index in [1.165, 1.54) is 24.3 Å². The van der Waals surface area contributed by atoms with E-state index < -0.39 is 48.8 Å². The number of benzene rings is 3. The van der Waals surface area contributed by atoms with E-state index in [2.05, 4.69) is 72.4 Å².